The van der Waals surface area contributed by atoms with Crippen molar-refractivity contribution < 1.29 is 17.6 Å². The minimum Gasteiger partial charge on any atom is -0.320 e. The average Bonchev–Trinajstić information content (AvgIpc) is 3.41. The van der Waals surface area contributed by atoms with Gasteiger partial charge in [-0.05, 0) is 61.7 Å². The molecule has 11 heteroatoms. The van der Waals surface area contributed by atoms with Crippen LogP contribution in [0.3, 0.4) is 0 Å². The molecule has 0 spiro atoms. The van der Waals surface area contributed by atoms with E-state index in [1.807, 2.05) is 0 Å². The Morgan fingerprint density at radius 1 is 1.23 bits per heavy atom. The molecule has 0 bridgehead atoms. The molecule has 4 rings (SSSR count). The number of nitrogens with zero attached hydrogens (tertiary/aromatic N) is 3. The minimum atomic E-state index is -3.80. The topological polar surface area (TPSA) is 92.3 Å². The largest absolute Gasteiger partial charge is 0.320 e. The summed E-state index contributed by atoms with van der Waals surface area (Å²) in [6.45, 7) is 2.01. The summed E-state index contributed by atoms with van der Waals surface area (Å²) in [6.07, 6.45) is 1.24. The number of rotatable bonds is 5. The molecule has 2 aromatic carbocycles. The first-order valence-electron chi connectivity index (χ1n) is 9.44. The zero-order chi connectivity index (χ0) is 22.2. The Morgan fingerprint density at radius 2 is 1.97 bits per heavy atom. The van der Waals surface area contributed by atoms with Gasteiger partial charge in [0.25, 0.3) is 5.91 Å². The molecule has 31 heavy (non-hydrogen) atoms. The van der Waals surface area contributed by atoms with Crippen molar-refractivity contribution in [1.29, 1.82) is 0 Å². The van der Waals surface area contributed by atoms with Gasteiger partial charge in [0.2, 0.25) is 15.0 Å². The van der Waals surface area contributed by atoms with Crippen LogP contribution in [-0.2, 0) is 10.0 Å². The molecule has 1 N–H and O–H groups in total. The quantitative estimate of drug-likeness (QED) is 0.583. The number of nitrogens with one attached hydrogen (secondary N) is 1. The van der Waals surface area contributed by atoms with Crippen LogP contribution in [0.15, 0.2) is 47.4 Å². The second-order valence-electron chi connectivity index (χ2n) is 7.04. The van der Waals surface area contributed by atoms with Gasteiger partial charge in [0, 0.05) is 17.3 Å². The molecule has 162 valence electrons. The molecular weight excluding hydrogens is 463 g/mol. The van der Waals surface area contributed by atoms with Crippen molar-refractivity contribution in [3.8, 4) is 0 Å². The molecule has 1 aliphatic heterocycles. The van der Waals surface area contributed by atoms with Crippen molar-refractivity contribution in [3.63, 3.8) is 0 Å². The van der Waals surface area contributed by atoms with Gasteiger partial charge in [0.15, 0.2) is 0 Å². The number of aromatic nitrogens is 2. The predicted molar refractivity (Wildman–Crippen MR) is 116 cm³/mol. The van der Waals surface area contributed by atoms with Crippen LogP contribution >= 0.6 is 22.9 Å². The maximum atomic E-state index is 13.3. The van der Waals surface area contributed by atoms with Crippen LogP contribution < -0.4 is 5.32 Å². The fraction of sp³-hybridized carbons (Fsp3) is 0.250. The number of amides is 1. The van der Waals surface area contributed by atoms with Crippen molar-refractivity contribution in [2.24, 2.45) is 0 Å². The lowest BCUT2D eigenvalue weighted by Gasteiger charge is -2.23. The van der Waals surface area contributed by atoms with Gasteiger partial charge in [-0.2, -0.15) is 4.31 Å². The Kier molecular flexibility index (Phi) is 6.07. The van der Waals surface area contributed by atoms with Gasteiger partial charge >= 0.3 is 0 Å². The SMILES string of the molecule is Cc1c(Cl)cccc1S(=O)(=O)N1CCC[C@@H]1c1nnc(C(=O)Nc2ccc(F)cc2)s1. The van der Waals surface area contributed by atoms with Crippen LogP contribution in [0, 0.1) is 12.7 Å². The van der Waals surface area contributed by atoms with Crippen molar-refractivity contribution in [1.82, 2.24) is 14.5 Å². The van der Waals surface area contributed by atoms with E-state index in [1.165, 1.54) is 34.6 Å². The molecule has 1 atom stereocenters. The van der Waals surface area contributed by atoms with Crippen molar-refractivity contribution >= 4 is 44.6 Å². The minimum absolute atomic E-state index is 0.0995. The first-order valence-corrected chi connectivity index (χ1v) is 12.1. The smallest absolute Gasteiger partial charge is 0.286 e. The molecule has 1 amide bonds. The second-order valence-corrected chi connectivity index (χ2v) is 10.3. The van der Waals surface area contributed by atoms with Gasteiger partial charge in [-0.25, -0.2) is 12.8 Å². The van der Waals surface area contributed by atoms with E-state index >= 15 is 0 Å². The van der Waals surface area contributed by atoms with Crippen molar-refractivity contribution in [2.45, 2.75) is 30.7 Å². The van der Waals surface area contributed by atoms with Gasteiger partial charge in [-0.15, -0.1) is 10.2 Å². The van der Waals surface area contributed by atoms with E-state index in [4.69, 9.17) is 11.6 Å². The summed E-state index contributed by atoms with van der Waals surface area (Å²) < 4.78 is 41.1. The lowest BCUT2D eigenvalue weighted by molar-refractivity contribution is 0.102. The molecule has 1 aromatic heterocycles. The molecule has 0 radical (unpaired) electrons. The third kappa shape index (κ3) is 4.33. The zero-order valence-corrected chi connectivity index (χ0v) is 18.8. The van der Waals surface area contributed by atoms with Gasteiger partial charge in [0.05, 0.1) is 10.9 Å². The van der Waals surface area contributed by atoms with Crippen LogP contribution in [0.4, 0.5) is 10.1 Å². The average molecular weight is 481 g/mol. The van der Waals surface area contributed by atoms with Crippen molar-refractivity contribution in [2.75, 3.05) is 11.9 Å². The molecule has 0 saturated carbocycles. The normalized spacial score (nSPS) is 17.1. The third-order valence-electron chi connectivity index (χ3n) is 5.03. The molecule has 7 nitrogen and oxygen atoms in total. The highest BCUT2D eigenvalue weighted by Crippen LogP contribution is 2.39. The van der Waals surface area contributed by atoms with E-state index in [9.17, 15) is 17.6 Å². The molecule has 1 fully saturated rings. The molecular formula is C20H18ClFN4O3S2. The van der Waals surface area contributed by atoms with Crippen LogP contribution in [-0.4, -0.2) is 35.4 Å². The fourth-order valence-electron chi connectivity index (χ4n) is 3.45. The fourth-order valence-corrected chi connectivity index (χ4v) is 6.54. The zero-order valence-electron chi connectivity index (χ0n) is 16.4. The molecule has 0 unspecified atom stereocenters. The number of hydrogen-bond donors (Lipinski definition) is 1. The van der Waals surface area contributed by atoms with E-state index in [2.05, 4.69) is 15.5 Å². The Morgan fingerprint density at radius 3 is 2.71 bits per heavy atom. The molecule has 0 aliphatic carbocycles. The summed E-state index contributed by atoms with van der Waals surface area (Å²) >= 11 is 7.17. The standard InChI is InChI=1S/C20H18ClFN4O3S2/c1-12-15(21)4-2-6-17(12)31(28,29)26-11-3-5-16(26)19-24-25-20(30-19)18(27)23-14-9-7-13(22)8-10-14/h2,4,6-10,16H,3,5,11H2,1H3,(H,23,27)/t16-/m1/s1. The highest BCUT2D eigenvalue weighted by Gasteiger charge is 2.39. The van der Waals surface area contributed by atoms with Gasteiger partial charge < -0.3 is 5.32 Å². The van der Waals surface area contributed by atoms with Crippen LogP contribution in [0.2, 0.25) is 5.02 Å². The number of hydrogen-bond acceptors (Lipinski definition) is 6. The van der Waals surface area contributed by atoms with Gasteiger partial charge in [-0.1, -0.05) is 29.0 Å². The maximum absolute atomic E-state index is 13.3. The number of halogens is 2. The first kappa shape index (κ1) is 21.8. The molecule has 1 aliphatic rings. The summed E-state index contributed by atoms with van der Waals surface area (Å²) in [5, 5.41) is 11.6. The summed E-state index contributed by atoms with van der Waals surface area (Å²) in [5.74, 6) is -0.901. The Bertz CT molecular complexity index is 1230. The van der Waals surface area contributed by atoms with E-state index in [0.717, 1.165) is 11.3 Å². The summed E-state index contributed by atoms with van der Waals surface area (Å²) in [6, 6.07) is 9.63. The Hall–Kier alpha value is -2.40. The summed E-state index contributed by atoms with van der Waals surface area (Å²) in [5.41, 5.74) is 0.913. The molecule has 2 heterocycles. The number of carbonyl (C=O) groups is 1. The highest BCUT2D eigenvalue weighted by atomic mass is 35.5. The second kappa shape index (κ2) is 8.62. The first-order chi connectivity index (χ1) is 14.8. The van der Waals surface area contributed by atoms with Crippen molar-refractivity contribution in [3.05, 3.63) is 68.9 Å². The number of benzene rings is 2. The van der Waals surface area contributed by atoms with E-state index < -0.39 is 27.8 Å². The Labute approximate surface area is 187 Å². The Balaban J connectivity index is 1.57. The summed E-state index contributed by atoms with van der Waals surface area (Å²) in [7, 11) is -3.80. The third-order valence-corrected chi connectivity index (χ3v) is 8.52. The number of carbonyl (C=O) groups excluding carboxylic acids is 1. The van der Waals surface area contributed by atoms with Crippen LogP contribution in [0.25, 0.3) is 0 Å². The van der Waals surface area contributed by atoms with Crippen LogP contribution in [0.5, 0.6) is 0 Å². The highest BCUT2D eigenvalue weighted by molar-refractivity contribution is 7.89. The molecule has 3 aromatic rings. The maximum Gasteiger partial charge on any atom is 0.286 e. The number of sulfonamides is 1. The van der Waals surface area contributed by atoms with Crippen LogP contribution in [0.1, 0.15) is 39.3 Å². The monoisotopic (exact) mass is 480 g/mol. The lowest BCUT2D eigenvalue weighted by Crippen LogP contribution is -2.31. The summed E-state index contributed by atoms with van der Waals surface area (Å²) in [4.78, 5) is 12.6. The molecule has 1 saturated heterocycles. The number of anilines is 1. The van der Waals surface area contributed by atoms with E-state index in [0.29, 0.717) is 40.7 Å². The van der Waals surface area contributed by atoms with E-state index in [1.54, 1.807) is 19.1 Å². The van der Waals surface area contributed by atoms with Gasteiger partial charge in [-0.3, -0.25) is 4.79 Å². The van der Waals surface area contributed by atoms with Gasteiger partial charge in [0.1, 0.15) is 10.8 Å². The lowest BCUT2D eigenvalue weighted by atomic mass is 10.2. The predicted octanol–water partition coefficient (Wildman–Crippen LogP) is 4.42. The van der Waals surface area contributed by atoms with E-state index in [-0.39, 0.29) is 9.90 Å².